The summed E-state index contributed by atoms with van der Waals surface area (Å²) in [5, 5.41) is 2.93. The van der Waals surface area contributed by atoms with Crippen LogP contribution < -0.4 is 14.8 Å². The van der Waals surface area contributed by atoms with Crippen LogP contribution in [0.15, 0.2) is 12.1 Å². The lowest BCUT2D eigenvalue weighted by Gasteiger charge is -2.20. The van der Waals surface area contributed by atoms with Gasteiger partial charge in [0.05, 0.1) is 6.42 Å². The number of aryl methyl sites for hydroxylation is 1. The predicted molar refractivity (Wildman–Crippen MR) is 73.8 cm³/mol. The van der Waals surface area contributed by atoms with Gasteiger partial charge in [-0.3, -0.25) is 4.79 Å². The Morgan fingerprint density at radius 3 is 2.63 bits per heavy atom. The molecule has 104 valence electrons. The lowest BCUT2D eigenvalue weighted by Crippen LogP contribution is -2.26. The number of carbonyl (C=O) groups is 1. The maximum Gasteiger partial charge on any atom is 0.224 e. The maximum absolute atomic E-state index is 11.8. The first-order valence-electron chi connectivity index (χ1n) is 6.86. The largest absolute Gasteiger partial charge is 0.486 e. The minimum Gasteiger partial charge on any atom is -0.486 e. The van der Waals surface area contributed by atoms with Gasteiger partial charge in [-0.15, -0.1) is 0 Å². The van der Waals surface area contributed by atoms with Crippen molar-refractivity contribution in [2.45, 2.75) is 33.1 Å². The van der Waals surface area contributed by atoms with Crippen LogP contribution in [0.25, 0.3) is 0 Å². The fraction of sp³-hybridized carbons (Fsp3) is 0.533. The Labute approximate surface area is 114 Å². The van der Waals surface area contributed by atoms with Crippen LogP contribution in [0.2, 0.25) is 0 Å². The molecular formula is C15H21NO3. The smallest absolute Gasteiger partial charge is 0.224 e. The number of carbonyl (C=O) groups excluding carboxylic acids is 1. The first kappa shape index (κ1) is 13.7. The Hall–Kier alpha value is -1.71. The molecule has 0 saturated carbocycles. The molecule has 0 saturated heterocycles. The minimum atomic E-state index is 0.0632. The Kier molecular flexibility index (Phi) is 4.66. The first-order valence-corrected chi connectivity index (χ1v) is 6.86. The second kappa shape index (κ2) is 6.45. The van der Waals surface area contributed by atoms with Gasteiger partial charge in [0.15, 0.2) is 11.5 Å². The lowest BCUT2D eigenvalue weighted by atomic mass is 10.0. The number of hydrogen-bond acceptors (Lipinski definition) is 3. The van der Waals surface area contributed by atoms with Crippen LogP contribution in [0.3, 0.4) is 0 Å². The van der Waals surface area contributed by atoms with Gasteiger partial charge in [-0.25, -0.2) is 0 Å². The molecule has 0 aliphatic carbocycles. The number of hydrogen-bond donors (Lipinski definition) is 1. The van der Waals surface area contributed by atoms with Crippen molar-refractivity contribution in [3.8, 4) is 11.5 Å². The second-order valence-corrected chi connectivity index (χ2v) is 4.80. The summed E-state index contributed by atoms with van der Waals surface area (Å²) in [6.45, 7) is 6.00. The number of fused-ring (bicyclic) bond motifs is 1. The minimum absolute atomic E-state index is 0.0632. The third-order valence-corrected chi connectivity index (χ3v) is 3.20. The van der Waals surface area contributed by atoms with E-state index in [9.17, 15) is 4.79 Å². The highest BCUT2D eigenvalue weighted by Crippen LogP contribution is 2.33. The van der Waals surface area contributed by atoms with E-state index in [1.807, 2.05) is 19.1 Å². The molecule has 1 aliphatic heterocycles. The molecular weight excluding hydrogens is 242 g/mol. The van der Waals surface area contributed by atoms with Crippen molar-refractivity contribution in [2.75, 3.05) is 19.8 Å². The van der Waals surface area contributed by atoms with Crippen LogP contribution in [-0.4, -0.2) is 25.7 Å². The molecule has 1 heterocycles. The van der Waals surface area contributed by atoms with Gasteiger partial charge in [0.1, 0.15) is 13.2 Å². The van der Waals surface area contributed by atoms with E-state index in [2.05, 4.69) is 12.2 Å². The lowest BCUT2D eigenvalue weighted by molar-refractivity contribution is -0.120. The van der Waals surface area contributed by atoms with E-state index in [4.69, 9.17) is 9.47 Å². The zero-order valence-corrected chi connectivity index (χ0v) is 11.6. The Bertz CT molecular complexity index is 457. The molecule has 1 amide bonds. The van der Waals surface area contributed by atoms with Crippen LogP contribution in [0.1, 0.15) is 30.9 Å². The van der Waals surface area contributed by atoms with Crippen LogP contribution in [0.4, 0.5) is 0 Å². The molecule has 0 radical (unpaired) electrons. The average molecular weight is 263 g/mol. The van der Waals surface area contributed by atoms with Crippen molar-refractivity contribution >= 4 is 5.91 Å². The highest BCUT2D eigenvalue weighted by molar-refractivity contribution is 5.79. The average Bonchev–Trinajstić information content (AvgIpc) is 2.40. The molecule has 0 atom stereocenters. The van der Waals surface area contributed by atoms with E-state index >= 15 is 0 Å². The summed E-state index contributed by atoms with van der Waals surface area (Å²) in [4.78, 5) is 11.8. The number of unbranched alkanes of at least 4 members (excludes halogenated alkanes) is 1. The number of ether oxygens (including phenoxy) is 2. The molecule has 1 aromatic rings. The van der Waals surface area contributed by atoms with Gasteiger partial charge >= 0.3 is 0 Å². The number of benzene rings is 1. The number of amides is 1. The van der Waals surface area contributed by atoms with Gasteiger partial charge in [0, 0.05) is 6.54 Å². The maximum atomic E-state index is 11.8. The van der Waals surface area contributed by atoms with Crippen LogP contribution in [0.5, 0.6) is 11.5 Å². The van der Waals surface area contributed by atoms with Crippen molar-refractivity contribution in [2.24, 2.45) is 0 Å². The first-order chi connectivity index (χ1) is 9.20. The molecule has 0 unspecified atom stereocenters. The van der Waals surface area contributed by atoms with E-state index in [0.29, 0.717) is 19.6 Å². The number of rotatable bonds is 5. The third kappa shape index (κ3) is 3.63. The topological polar surface area (TPSA) is 47.6 Å². The van der Waals surface area contributed by atoms with E-state index in [1.165, 1.54) is 0 Å². The predicted octanol–water partition coefficient (Wildman–Crippen LogP) is 2.23. The molecule has 0 bridgehead atoms. The van der Waals surface area contributed by atoms with Gasteiger partial charge in [-0.2, -0.15) is 0 Å². The molecule has 1 aliphatic rings. The summed E-state index contributed by atoms with van der Waals surface area (Å²) in [5.74, 6) is 1.58. The second-order valence-electron chi connectivity index (χ2n) is 4.80. The zero-order valence-electron chi connectivity index (χ0n) is 11.6. The standard InChI is InChI=1S/C15H21NO3/c1-3-4-5-16-15(17)10-12-9-14-13(8-11(12)2)18-6-7-19-14/h8-9H,3-7,10H2,1-2H3,(H,16,17). The SMILES string of the molecule is CCCCNC(=O)Cc1cc2c(cc1C)OCCO2. The van der Waals surface area contributed by atoms with Crippen molar-refractivity contribution < 1.29 is 14.3 Å². The molecule has 0 spiro atoms. The third-order valence-electron chi connectivity index (χ3n) is 3.20. The molecule has 19 heavy (non-hydrogen) atoms. The Balaban J connectivity index is 2.01. The van der Waals surface area contributed by atoms with Crippen molar-refractivity contribution in [1.82, 2.24) is 5.32 Å². The summed E-state index contributed by atoms with van der Waals surface area (Å²) < 4.78 is 11.1. The molecule has 1 aromatic carbocycles. The monoisotopic (exact) mass is 263 g/mol. The fourth-order valence-corrected chi connectivity index (χ4v) is 2.06. The Morgan fingerprint density at radius 1 is 1.26 bits per heavy atom. The molecule has 0 fully saturated rings. The normalized spacial score (nSPS) is 13.2. The van der Waals surface area contributed by atoms with Crippen LogP contribution in [0, 0.1) is 6.92 Å². The van der Waals surface area contributed by atoms with Gasteiger partial charge in [0.25, 0.3) is 0 Å². The van der Waals surface area contributed by atoms with Crippen LogP contribution >= 0.6 is 0 Å². The summed E-state index contributed by atoms with van der Waals surface area (Å²) in [7, 11) is 0. The van der Waals surface area contributed by atoms with Crippen molar-refractivity contribution in [1.29, 1.82) is 0 Å². The fourth-order valence-electron chi connectivity index (χ4n) is 2.06. The Morgan fingerprint density at radius 2 is 1.95 bits per heavy atom. The van der Waals surface area contributed by atoms with Gasteiger partial charge in [-0.05, 0) is 36.6 Å². The summed E-state index contributed by atoms with van der Waals surface area (Å²) in [6.07, 6.45) is 2.50. The zero-order chi connectivity index (χ0) is 13.7. The van der Waals surface area contributed by atoms with E-state index in [1.54, 1.807) is 0 Å². The van der Waals surface area contributed by atoms with E-state index < -0.39 is 0 Å². The summed E-state index contributed by atoms with van der Waals surface area (Å²) in [6, 6.07) is 3.87. The van der Waals surface area contributed by atoms with E-state index in [-0.39, 0.29) is 5.91 Å². The van der Waals surface area contributed by atoms with E-state index in [0.717, 1.165) is 42.0 Å². The summed E-state index contributed by atoms with van der Waals surface area (Å²) >= 11 is 0. The van der Waals surface area contributed by atoms with Gasteiger partial charge in [-0.1, -0.05) is 13.3 Å². The molecule has 1 N–H and O–H groups in total. The van der Waals surface area contributed by atoms with Crippen LogP contribution in [-0.2, 0) is 11.2 Å². The quantitative estimate of drug-likeness (QED) is 0.829. The highest BCUT2D eigenvalue weighted by atomic mass is 16.6. The van der Waals surface area contributed by atoms with Crippen molar-refractivity contribution in [3.05, 3.63) is 23.3 Å². The molecule has 4 nitrogen and oxygen atoms in total. The van der Waals surface area contributed by atoms with Gasteiger partial charge < -0.3 is 14.8 Å². The number of nitrogens with one attached hydrogen (secondary N) is 1. The molecule has 0 aromatic heterocycles. The molecule has 2 rings (SSSR count). The summed E-state index contributed by atoms with van der Waals surface area (Å²) in [5.41, 5.74) is 2.06. The highest BCUT2D eigenvalue weighted by Gasteiger charge is 2.15. The van der Waals surface area contributed by atoms with Crippen molar-refractivity contribution in [3.63, 3.8) is 0 Å². The van der Waals surface area contributed by atoms with Gasteiger partial charge in [0.2, 0.25) is 5.91 Å². The molecule has 4 heteroatoms.